The van der Waals surface area contributed by atoms with E-state index in [1.54, 1.807) is 6.26 Å². The Morgan fingerprint density at radius 1 is 1.21 bits per heavy atom. The standard InChI is InChI=1S/C17H16N6O/c1-10-12-4-3-11(9-14(12)22-21-10)18-17-19-13-5-8-24-15(13)16(20-17)23-6-2-7-23/h3-5,8-9H,2,6-7H2,1H3,(H,21,22)(H,18,19,20). The van der Waals surface area contributed by atoms with Crippen LogP contribution >= 0.6 is 0 Å². The van der Waals surface area contributed by atoms with Gasteiger partial charge in [-0.2, -0.15) is 10.1 Å². The SMILES string of the molecule is Cc1n[nH]c2cc(Nc3nc(N4CCC4)c4occc4n3)ccc12. The largest absolute Gasteiger partial charge is 0.459 e. The van der Waals surface area contributed by atoms with Gasteiger partial charge in [0, 0.05) is 30.2 Å². The van der Waals surface area contributed by atoms with E-state index in [0.29, 0.717) is 5.95 Å². The van der Waals surface area contributed by atoms with Crippen molar-refractivity contribution in [1.29, 1.82) is 0 Å². The van der Waals surface area contributed by atoms with Crippen LogP contribution in [0.25, 0.3) is 22.0 Å². The van der Waals surface area contributed by atoms with Gasteiger partial charge >= 0.3 is 0 Å². The van der Waals surface area contributed by atoms with E-state index in [4.69, 9.17) is 4.42 Å². The Morgan fingerprint density at radius 2 is 2.12 bits per heavy atom. The molecule has 24 heavy (non-hydrogen) atoms. The maximum absolute atomic E-state index is 5.56. The monoisotopic (exact) mass is 320 g/mol. The number of aryl methyl sites for hydroxylation is 1. The number of H-pyrrole nitrogens is 1. The number of hydrogen-bond acceptors (Lipinski definition) is 6. The number of hydrogen-bond donors (Lipinski definition) is 2. The molecule has 3 aromatic heterocycles. The van der Waals surface area contributed by atoms with Gasteiger partial charge in [0.05, 0.1) is 17.5 Å². The summed E-state index contributed by atoms with van der Waals surface area (Å²) in [5, 5.41) is 11.7. The van der Waals surface area contributed by atoms with Crippen LogP contribution in [0.1, 0.15) is 12.1 Å². The van der Waals surface area contributed by atoms with Gasteiger partial charge in [0.25, 0.3) is 0 Å². The summed E-state index contributed by atoms with van der Waals surface area (Å²) in [7, 11) is 0. The highest BCUT2D eigenvalue weighted by Gasteiger charge is 2.22. The molecule has 5 rings (SSSR count). The molecule has 120 valence electrons. The Morgan fingerprint density at radius 3 is 2.96 bits per heavy atom. The number of nitrogens with one attached hydrogen (secondary N) is 2. The summed E-state index contributed by atoms with van der Waals surface area (Å²) >= 11 is 0. The minimum Gasteiger partial charge on any atom is -0.459 e. The lowest BCUT2D eigenvalue weighted by Crippen LogP contribution is -2.37. The van der Waals surface area contributed by atoms with Gasteiger partial charge in [-0.05, 0) is 31.5 Å². The fraction of sp³-hybridized carbons (Fsp3) is 0.235. The molecule has 2 N–H and O–H groups in total. The molecule has 1 fully saturated rings. The van der Waals surface area contributed by atoms with Crippen LogP contribution < -0.4 is 10.2 Å². The molecule has 1 saturated heterocycles. The normalized spacial score (nSPS) is 14.3. The summed E-state index contributed by atoms with van der Waals surface area (Å²) in [6.45, 7) is 4.00. The number of furan rings is 1. The predicted octanol–water partition coefficient (Wildman–Crippen LogP) is 3.36. The van der Waals surface area contributed by atoms with Gasteiger partial charge in [-0.1, -0.05) is 0 Å². The van der Waals surface area contributed by atoms with Gasteiger partial charge < -0.3 is 14.6 Å². The second kappa shape index (κ2) is 4.95. The second-order valence-electron chi connectivity index (χ2n) is 6.04. The number of fused-ring (bicyclic) bond motifs is 2. The smallest absolute Gasteiger partial charge is 0.229 e. The second-order valence-corrected chi connectivity index (χ2v) is 6.04. The first-order valence-electron chi connectivity index (χ1n) is 8.00. The van der Waals surface area contributed by atoms with Crippen molar-refractivity contribution in [3.63, 3.8) is 0 Å². The first kappa shape index (κ1) is 13.4. The van der Waals surface area contributed by atoms with E-state index < -0.39 is 0 Å². The zero-order valence-corrected chi connectivity index (χ0v) is 13.2. The number of aromatic nitrogens is 4. The van der Waals surface area contributed by atoms with E-state index in [1.807, 2.05) is 31.2 Å². The van der Waals surface area contributed by atoms with Crippen molar-refractivity contribution in [3.8, 4) is 0 Å². The number of aromatic amines is 1. The van der Waals surface area contributed by atoms with E-state index in [9.17, 15) is 0 Å². The molecule has 0 radical (unpaired) electrons. The lowest BCUT2D eigenvalue weighted by Gasteiger charge is -2.31. The number of anilines is 3. The van der Waals surface area contributed by atoms with Crippen LogP contribution in [0.3, 0.4) is 0 Å². The molecule has 4 heterocycles. The third-order valence-corrected chi connectivity index (χ3v) is 4.45. The fourth-order valence-corrected chi connectivity index (χ4v) is 3.01. The molecule has 1 aromatic carbocycles. The summed E-state index contributed by atoms with van der Waals surface area (Å²) in [6.07, 6.45) is 2.84. The summed E-state index contributed by atoms with van der Waals surface area (Å²) in [6, 6.07) is 7.94. The predicted molar refractivity (Wildman–Crippen MR) is 92.7 cm³/mol. The molecule has 4 aromatic rings. The van der Waals surface area contributed by atoms with E-state index >= 15 is 0 Å². The summed E-state index contributed by atoms with van der Waals surface area (Å²) < 4.78 is 5.56. The van der Waals surface area contributed by atoms with Crippen LogP contribution in [0.2, 0.25) is 0 Å². The van der Waals surface area contributed by atoms with Crippen molar-refractivity contribution >= 4 is 39.5 Å². The van der Waals surface area contributed by atoms with Gasteiger partial charge in [-0.15, -0.1) is 0 Å². The van der Waals surface area contributed by atoms with Crippen molar-refractivity contribution in [3.05, 3.63) is 36.2 Å². The molecule has 0 amide bonds. The maximum Gasteiger partial charge on any atom is 0.229 e. The van der Waals surface area contributed by atoms with Crippen LogP contribution in [0, 0.1) is 6.92 Å². The number of nitrogens with zero attached hydrogens (tertiary/aromatic N) is 4. The molecule has 0 spiro atoms. The van der Waals surface area contributed by atoms with E-state index in [2.05, 4.69) is 30.4 Å². The zero-order chi connectivity index (χ0) is 16.1. The highest BCUT2D eigenvalue weighted by Crippen LogP contribution is 2.30. The van der Waals surface area contributed by atoms with E-state index in [0.717, 1.165) is 52.3 Å². The van der Waals surface area contributed by atoms with Crippen molar-refractivity contribution in [2.24, 2.45) is 0 Å². The molecule has 0 aliphatic carbocycles. The molecular weight excluding hydrogens is 304 g/mol. The van der Waals surface area contributed by atoms with Gasteiger partial charge in [0.2, 0.25) is 5.95 Å². The van der Waals surface area contributed by atoms with Crippen LogP contribution in [-0.2, 0) is 0 Å². The maximum atomic E-state index is 5.56. The first-order chi connectivity index (χ1) is 11.8. The van der Waals surface area contributed by atoms with Crippen LogP contribution in [0.15, 0.2) is 34.9 Å². The molecule has 0 unspecified atom stereocenters. The van der Waals surface area contributed by atoms with Gasteiger partial charge in [-0.3, -0.25) is 5.10 Å². The average Bonchev–Trinajstić information content (AvgIpc) is 3.13. The topological polar surface area (TPSA) is 82.9 Å². The third kappa shape index (κ3) is 2.01. The minimum atomic E-state index is 0.571. The summed E-state index contributed by atoms with van der Waals surface area (Å²) in [5.74, 6) is 1.43. The molecule has 0 saturated carbocycles. The lowest BCUT2D eigenvalue weighted by atomic mass is 10.2. The summed E-state index contributed by atoms with van der Waals surface area (Å²) in [4.78, 5) is 11.4. The Hall–Kier alpha value is -3.09. The molecule has 0 bridgehead atoms. The molecule has 7 nitrogen and oxygen atoms in total. The van der Waals surface area contributed by atoms with Gasteiger partial charge in [0.1, 0.15) is 5.52 Å². The van der Waals surface area contributed by atoms with Crippen molar-refractivity contribution in [2.75, 3.05) is 23.3 Å². The minimum absolute atomic E-state index is 0.571. The fourth-order valence-electron chi connectivity index (χ4n) is 3.01. The first-order valence-corrected chi connectivity index (χ1v) is 8.00. The quantitative estimate of drug-likeness (QED) is 0.602. The van der Waals surface area contributed by atoms with Gasteiger partial charge in [-0.25, -0.2) is 4.98 Å². The Kier molecular flexibility index (Phi) is 2.76. The van der Waals surface area contributed by atoms with E-state index in [1.165, 1.54) is 6.42 Å². The van der Waals surface area contributed by atoms with Crippen LogP contribution in [-0.4, -0.2) is 33.3 Å². The van der Waals surface area contributed by atoms with E-state index in [-0.39, 0.29) is 0 Å². The molecule has 0 atom stereocenters. The Labute approximate surface area is 137 Å². The Bertz CT molecular complexity index is 1050. The third-order valence-electron chi connectivity index (χ3n) is 4.45. The number of rotatable bonds is 3. The molecule has 7 heteroatoms. The van der Waals surface area contributed by atoms with Crippen molar-refractivity contribution < 1.29 is 4.42 Å². The van der Waals surface area contributed by atoms with Crippen LogP contribution in [0.4, 0.5) is 17.5 Å². The van der Waals surface area contributed by atoms with Crippen LogP contribution in [0.5, 0.6) is 0 Å². The molecule has 1 aliphatic rings. The van der Waals surface area contributed by atoms with Crippen molar-refractivity contribution in [1.82, 2.24) is 20.2 Å². The molecule has 1 aliphatic heterocycles. The highest BCUT2D eigenvalue weighted by molar-refractivity contribution is 5.87. The van der Waals surface area contributed by atoms with Crippen molar-refractivity contribution in [2.45, 2.75) is 13.3 Å². The zero-order valence-electron chi connectivity index (χ0n) is 13.2. The average molecular weight is 320 g/mol. The summed E-state index contributed by atoms with van der Waals surface area (Å²) in [5.41, 5.74) is 4.47. The highest BCUT2D eigenvalue weighted by atomic mass is 16.3. The lowest BCUT2D eigenvalue weighted by molar-refractivity contribution is 0.583. The van der Waals surface area contributed by atoms with Gasteiger partial charge in [0.15, 0.2) is 11.4 Å². The molecular formula is C17H16N6O. The number of benzene rings is 1. The Balaban J connectivity index is 1.55.